The molecule has 0 saturated heterocycles. The van der Waals surface area contributed by atoms with E-state index in [1.165, 1.54) is 6.07 Å². The molecule has 1 unspecified atom stereocenters. The van der Waals surface area contributed by atoms with Crippen LogP contribution in [0.5, 0.6) is 0 Å². The lowest BCUT2D eigenvalue weighted by Gasteiger charge is -2.10. The van der Waals surface area contributed by atoms with Gasteiger partial charge in [0.2, 0.25) is 0 Å². The minimum Gasteiger partial charge on any atom is -0.348 e. The predicted molar refractivity (Wildman–Crippen MR) is 88.8 cm³/mol. The Morgan fingerprint density at radius 1 is 1.10 bits per heavy atom. The number of thiocarbonyl (C=S) groups is 1. The maximum absolute atomic E-state index is 14.2. The van der Waals surface area contributed by atoms with Crippen LogP contribution in [0.4, 0.5) is 10.1 Å². The van der Waals surface area contributed by atoms with Gasteiger partial charge < -0.3 is 5.32 Å². The molecule has 106 valence electrons. The zero-order chi connectivity index (χ0) is 14.8. The van der Waals surface area contributed by atoms with Crippen molar-refractivity contribution in [2.75, 3.05) is 5.32 Å². The van der Waals surface area contributed by atoms with Crippen LogP contribution in [0.25, 0.3) is 0 Å². The molecule has 3 rings (SSSR count). The quantitative estimate of drug-likeness (QED) is 0.841. The van der Waals surface area contributed by atoms with E-state index >= 15 is 0 Å². The molecular formula is C17H15FN2S. The largest absolute Gasteiger partial charge is 0.348 e. The third kappa shape index (κ3) is 2.59. The monoisotopic (exact) mass is 298 g/mol. The number of nitrogens with one attached hydrogen (secondary N) is 1. The van der Waals surface area contributed by atoms with Crippen LogP contribution in [0.2, 0.25) is 0 Å². The number of aliphatic imine (C=N–C) groups is 1. The van der Waals surface area contributed by atoms with Gasteiger partial charge in [0.1, 0.15) is 16.8 Å². The van der Waals surface area contributed by atoms with E-state index in [0.717, 1.165) is 17.7 Å². The van der Waals surface area contributed by atoms with Gasteiger partial charge in [-0.15, -0.1) is 0 Å². The van der Waals surface area contributed by atoms with Crippen LogP contribution in [-0.4, -0.2) is 16.7 Å². The molecule has 1 heterocycles. The Morgan fingerprint density at radius 3 is 2.48 bits per heavy atom. The Balaban J connectivity index is 2.24. The van der Waals surface area contributed by atoms with Gasteiger partial charge in [-0.25, -0.2) is 4.39 Å². The second-order valence-corrected chi connectivity index (χ2v) is 5.36. The van der Waals surface area contributed by atoms with Crippen molar-refractivity contribution in [3.05, 3.63) is 65.5 Å². The average molecular weight is 298 g/mol. The van der Waals surface area contributed by atoms with E-state index in [0.29, 0.717) is 16.3 Å². The minimum atomic E-state index is -0.270. The van der Waals surface area contributed by atoms with E-state index in [1.54, 1.807) is 12.1 Å². The first-order valence-corrected chi connectivity index (χ1v) is 7.34. The number of benzene rings is 2. The summed E-state index contributed by atoms with van der Waals surface area (Å²) in [7, 11) is 0. The highest BCUT2D eigenvalue weighted by Gasteiger charge is 2.23. The molecule has 0 aliphatic carbocycles. The first-order valence-electron chi connectivity index (χ1n) is 6.93. The number of para-hydroxylation sites is 1. The highest BCUT2D eigenvalue weighted by atomic mass is 32.1. The average Bonchev–Trinajstić information content (AvgIpc) is 2.64. The molecule has 2 aromatic rings. The summed E-state index contributed by atoms with van der Waals surface area (Å²) >= 11 is 5.41. The molecular weight excluding hydrogens is 283 g/mol. The standard InChI is InChI=1S/C17H15FN2S/c1-2-14-17(21)20-15-10-6-4-8-12(15)16(19-14)11-7-3-5-9-13(11)18/h3-10,14H,2H2,1H3,(H,20,21). The lowest BCUT2D eigenvalue weighted by Crippen LogP contribution is -2.22. The zero-order valence-corrected chi connectivity index (χ0v) is 12.5. The smallest absolute Gasteiger partial charge is 0.132 e. The van der Waals surface area contributed by atoms with Crippen LogP contribution in [0, 0.1) is 5.82 Å². The normalized spacial score (nSPS) is 17.5. The first kappa shape index (κ1) is 13.9. The molecule has 0 fully saturated rings. The summed E-state index contributed by atoms with van der Waals surface area (Å²) in [5.74, 6) is -0.270. The van der Waals surface area contributed by atoms with E-state index in [9.17, 15) is 4.39 Å². The van der Waals surface area contributed by atoms with Gasteiger partial charge in [-0.05, 0) is 24.6 Å². The van der Waals surface area contributed by atoms with Crippen LogP contribution < -0.4 is 5.32 Å². The molecule has 4 heteroatoms. The maximum atomic E-state index is 14.2. The van der Waals surface area contributed by atoms with E-state index in [4.69, 9.17) is 17.2 Å². The van der Waals surface area contributed by atoms with E-state index in [1.807, 2.05) is 37.3 Å². The predicted octanol–water partition coefficient (Wildman–Crippen LogP) is 4.19. The number of fused-ring (bicyclic) bond motifs is 1. The summed E-state index contributed by atoms with van der Waals surface area (Å²) in [4.78, 5) is 5.40. The Hall–Kier alpha value is -2.07. The van der Waals surface area contributed by atoms with Crippen LogP contribution in [-0.2, 0) is 0 Å². The van der Waals surface area contributed by atoms with Gasteiger partial charge in [-0.2, -0.15) is 0 Å². The Labute approximate surface area is 128 Å². The maximum Gasteiger partial charge on any atom is 0.132 e. The molecule has 2 nitrogen and oxygen atoms in total. The fraction of sp³-hybridized carbons (Fsp3) is 0.176. The third-order valence-electron chi connectivity index (χ3n) is 3.54. The lowest BCUT2D eigenvalue weighted by atomic mass is 10.00. The molecule has 0 radical (unpaired) electrons. The van der Waals surface area contributed by atoms with Crippen molar-refractivity contribution in [1.82, 2.24) is 0 Å². The summed E-state index contributed by atoms with van der Waals surface area (Å²) in [6.07, 6.45) is 0.776. The van der Waals surface area contributed by atoms with Gasteiger partial charge in [0.15, 0.2) is 0 Å². The number of rotatable bonds is 2. The van der Waals surface area contributed by atoms with Crippen molar-refractivity contribution >= 4 is 28.6 Å². The number of hydrogen-bond acceptors (Lipinski definition) is 2. The highest BCUT2D eigenvalue weighted by Crippen LogP contribution is 2.26. The number of nitrogens with zero attached hydrogens (tertiary/aromatic N) is 1. The fourth-order valence-electron chi connectivity index (χ4n) is 2.44. The first-order chi connectivity index (χ1) is 10.2. The summed E-state index contributed by atoms with van der Waals surface area (Å²) in [6, 6.07) is 14.3. The Kier molecular flexibility index (Phi) is 3.80. The van der Waals surface area contributed by atoms with Gasteiger partial charge in [0.25, 0.3) is 0 Å². The second-order valence-electron chi connectivity index (χ2n) is 4.92. The van der Waals surface area contributed by atoms with Crippen molar-refractivity contribution in [3.63, 3.8) is 0 Å². The number of halogens is 1. The summed E-state index contributed by atoms with van der Waals surface area (Å²) in [5, 5.41) is 3.24. The molecule has 0 bridgehead atoms. The van der Waals surface area contributed by atoms with Crippen molar-refractivity contribution in [2.45, 2.75) is 19.4 Å². The Morgan fingerprint density at radius 2 is 1.76 bits per heavy atom. The van der Waals surface area contributed by atoms with Gasteiger partial charge in [0.05, 0.1) is 5.71 Å². The molecule has 0 spiro atoms. The number of hydrogen-bond donors (Lipinski definition) is 1. The SMILES string of the molecule is CCC1N=C(c2ccccc2F)c2ccccc2NC1=S. The third-order valence-corrected chi connectivity index (χ3v) is 3.92. The van der Waals surface area contributed by atoms with E-state index in [-0.39, 0.29) is 11.9 Å². The van der Waals surface area contributed by atoms with Gasteiger partial charge >= 0.3 is 0 Å². The topological polar surface area (TPSA) is 24.4 Å². The fourth-order valence-corrected chi connectivity index (χ4v) is 2.77. The van der Waals surface area contributed by atoms with E-state index in [2.05, 4.69) is 5.32 Å². The van der Waals surface area contributed by atoms with Crippen molar-refractivity contribution < 1.29 is 4.39 Å². The number of benzodiazepines with no additional fused rings is 1. The summed E-state index contributed by atoms with van der Waals surface area (Å²) in [5.41, 5.74) is 2.92. The molecule has 0 aromatic heterocycles. The van der Waals surface area contributed by atoms with Gasteiger partial charge in [-0.3, -0.25) is 4.99 Å². The van der Waals surface area contributed by atoms with Crippen molar-refractivity contribution in [3.8, 4) is 0 Å². The molecule has 0 saturated carbocycles. The molecule has 1 N–H and O–H groups in total. The molecule has 21 heavy (non-hydrogen) atoms. The van der Waals surface area contributed by atoms with Crippen LogP contribution in [0.3, 0.4) is 0 Å². The summed E-state index contributed by atoms with van der Waals surface area (Å²) in [6.45, 7) is 2.02. The van der Waals surface area contributed by atoms with Gasteiger partial charge in [0, 0.05) is 16.8 Å². The lowest BCUT2D eigenvalue weighted by molar-refractivity contribution is 0.625. The van der Waals surface area contributed by atoms with Crippen molar-refractivity contribution in [2.24, 2.45) is 4.99 Å². The zero-order valence-electron chi connectivity index (χ0n) is 11.6. The second kappa shape index (κ2) is 5.74. The molecule has 1 aliphatic rings. The molecule has 1 aliphatic heterocycles. The molecule has 0 amide bonds. The Bertz CT molecular complexity index is 724. The van der Waals surface area contributed by atoms with Crippen LogP contribution in [0.1, 0.15) is 24.5 Å². The van der Waals surface area contributed by atoms with Crippen LogP contribution >= 0.6 is 12.2 Å². The molecule has 2 aromatic carbocycles. The van der Waals surface area contributed by atoms with Crippen molar-refractivity contribution in [1.29, 1.82) is 0 Å². The van der Waals surface area contributed by atoms with E-state index < -0.39 is 0 Å². The number of anilines is 1. The molecule has 1 atom stereocenters. The van der Waals surface area contributed by atoms with Gasteiger partial charge in [-0.1, -0.05) is 49.5 Å². The minimum absolute atomic E-state index is 0.137. The highest BCUT2D eigenvalue weighted by molar-refractivity contribution is 7.80. The summed E-state index contributed by atoms with van der Waals surface area (Å²) < 4.78 is 14.2. The van der Waals surface area contributed by atoms with Crippen LogP contribution in [0.15, 0.2) is 53.5 Å².